The molecule has 0 aromatic heterocycles. The molecule has 7 nitrogen and oxygen atoms in total. The van der Waals surface area contributed by atoms with Crippen molar-refractivity contribution in [2.24, 2.45) is 17.4 Å². The highest BCUT2D eigenvalue weighted by Gasteiger charge is 2.42. The van der Waals surface area contributed by atoms with Crippen molar-refractivity contribution in [2.75, 3.05) is 0 Å². The third kappa shape index (κ3) is 4.78. The Bertz CT molecular complexity index is 761. The summed E-state index contributed by atoms with van der Waals surface area (Å²) >= 11 is 0. The standard InChI is InChI=1S/C23H36N4O3/c1-15-8-11-20(18-6-4-3-5-7-18)27(15)23(30)26(22(29)16(2)25)14-17-9-10-19(13-24)21(28)12-17/h9-10,12,15-16,18,20,28H,3-8,11,13-14,24-25H2,1-2H3/t15-,16+,20?/m1/s1. The molecular weight excluding hydrogens is 380 g/mol. The van der Waals surface area contributed by atoms with Gasteiger partial charge < -0.3 is 21.5 Å². The van der Waals surface area contributed by atoms with E-state index in [1.807, 2.05) is 4.90 Å². The molecule has 1 heterocycles. The fourth-order valence-corrected chi connectivity index (χ4v) is 5.02. The smallest absolute Gasteiger partial charge is 0.327 e. The van der Waals surface area contributed by atoms with Crippen LogP contribution in [0.2, 0.25) is 0 Å². The van der Waals surface area contributed by atoms with Crippen LogP contribution in [0.15, 0.2) is 18.2 Å². The van der Waals surface area contributed by atoms with Crippen molar-refractivity contribution < 1.29 is 14.7 Å². The van der Waals surface area contributed by atoms with Crippen molar-refractivity contribution >= 4 is 11.9 Å². The number of benzene rings is 1. The summed E-state index contributed by atoms with van der Waals surface area (Å²) < 4.78 is 0. The number of nitrogens with two attached hydrogens (primary N) is 2. The number of rotatable bonds is 5. The predicted molar refractivity (Wildman–Crippen MR) is 116 cm³/mol. The van der Waals surface area contributed by atoms with Crippen molar-refractivity contribution in [3.8, 4) is 5.75 Å². The van der Waals surface area contributed by atoms with Crippen LogP contribution in [0.25, 0.3) is 0 Å². The summed E-state index contributed by atoms with van der Waals surface area (Å²) in [7, 11) is 0. The number of amides is 3. The van der Waals surface area contributed by atoms with E-state index >= 15 is 0 Å². The van der Waals surface area contributed by atoms with E-state index in [0.29, 0.717) is 17.0 Å². The predicted octanol–water partition coefficient (Wildman–Crippen LogP) is 3.08. The van der Waals surface area contributed by atoms with Crippen LogP contribution in [0.5, 0.6) is 5.75 Å². The van der Waals surface area contributed by atoms with Gasteiger partial charge >= 0.3 is 6.03 Å². The Morgan fingerprint density at radius 2 is 1.90 bits per heavy atom. The first-order valence-electron chi connectivity index (χ1n) is 11.2. The van der Waals surface area contributed by atoms with Gasteiger partial charge in [-0.25, -0.2) is 4.79 Å². The molecule has 1 unspecified atom stereocenters. The van der Waals surface area contributed by atoms with Crippen molar-refractivity contribution in [1.29, 1.82) is 0 Å². The second-order valence-corrected chi connectivity index (χ2v) is 8.96. The Morgan fingerprint density at radius 3 is 2.50 bits per heavy atom. The maximum atomic E-state index is 13.7. The Hall–Kier alpha value is -2.12. The maximum Gasteiger partial charge on any atom is 0.327 e. The Labute approximate surface area is 179 Å². The molecule has 2 fully saturated rings. The number of likely N-dealkylation sites (tertiary alicyclic amines) is 1. The normalized spacial score (nSPS) is 23.4. The summed E-state index contributed by atoms with van der Waals surface area (Å²) in [5.41, 5.74) is 12.8. The second-order valence-electron chi connectivity index (χ2n) is 8.96. The number of imide groups is 1. The lowest BCUT2D eigenvalue weighted by Crippen LogP contribution is -2.54. The zero-order chi connectivity index (χ0) is 21.8. The van der Waals surface area contributed by atoms with Crippen LogP contribution in [0.4, 0.5) is 4.79 Å². The Morgan fingerprint density at radius 1 is 1.20 bits per heavy atom. The molecule has 1 aliphatic carbocycles. The van der Waals surface area contributed by atoms with E-state index in [1.165, 1.54) is 24.2 Å². The fraction of sp³-hybridized carbons (Fsp3) is 0.652. The number of phenolic OH excluding ortho intramolecular Hbond substituents is 1. The maximum absolute atomic E-state index is 13.7. The van der Waals surface area contributed by atoms with Gasteiger partial charge in [-0.2, -0.15) is 0 Å². The average Bonchev–Trinajstić information content (AvgIpc) is 3.13. The monoisotopic (exact) mass is 416 g/mol. The number of carbonyl (C=O) groups excluding carboxylic acids is 2. The van der Waals surface area contributed by atoms with Crippen molar-refractivity contribution in [1.82, 2.24) is 9.80 Å². The molecule has 0 bridgehead atoms. The molecule has 1 saturated heterocycles. The van der Waals surface area contributed by atoms with Crippen LogP contribution in [0.1, 0.15) is 69.9 Å². The Balaban J connectivity index is 1.85. The van der Waals surface area contributed by atoms with Crippen LogP contribution in [-0.4, -0.2) is 45.0 Å². The van der Waals surface area contributed by atoms with Crippen molar-refractivity contribution in [3.63, 3.8) is 0 Å². The lowest BCUT2D eigenvalue weighted by Gasteiger charge is -2.38. The number of hydrogen-bond donors (Lipinski definition) is 3. The second kappa shape index (κ2) is 9.79. The van der Waals surface area contributed by atoms with Crippen LogP contribution in [-0.2, 0) is 17.9 Å². The molecule has 3 amide bonds. The number of nitrogens with zero attached hydrogens (tertiary/aromatic N) is 2. The van der Waals surface area contributed by atoms with E-state index in [-0.39, 0.29) is 37.0 Å². The van der Waals surface area contributed by atoms with E-state index in [2.05, 4.69) is 6.92 Å². The lowest BCUT2D eigenvalue weighted by molar-refractivity contribution is -0.130. The molecule has 0 spiro atoms. The zero-order valence-corrected chi connectivity index (χ0v) is 18.2. The van der Waals surface area contributed by atoms with Crippen molar-refractivity contribution in [3.05, 3.63) is 29.3 Å². The minimum Gasteiger partial charge on any atom is -0.508 e. The fourth-order valence-electron chi connectivity index (χ4n) is 5.02. The van der Waals surface area contributed by atoms with Crippen molar-refractivity contribution in [2.45, 2.75) is 90.0 Å². The highest BCUT2D eigenvalue weighted by molar-refractivity contribution is 5.97. The first-order chi connectivity index (χ1) is 14.3. The highest BCUT2D eigenvalue weighted by atomic mass is 16.3. The quantitative estimate of drug-likeness (QED) is 0.683. The summed E-state index contributed by atoms with van der Waals surface area (Å²) in [6.45, 7) is 3.97. The molecule has 2 aliphatic rings. The van der Waals surface area contributed by atoms with Gasteiger partial charge in [0.25, 0.3) is 0 Å². The SMILES string of the molecule is C[C@H](N)C(=O)N(Cc1ccc(CN)c(O)c1)C(=O)N1C(C2CCCCC2)CC[C@H]1C. The average molecular weight is 417 g/mol. The third-order valence-electron chi connectivity index (χ3n) is 6.72. The molecule has 7 heteroatoms. The van der Waals surface area contributed by atoms with Crippen LogP contribution in [0, 0.1) is 5.92 Å². The summed E-state index contributed by atoms with van der Waals surface area (Å²) in [6.07, 6.45) is 7.94. The molecule has 1 aromatic rings. The Kier molecular flexibility index (Phi) is 7.36. The van der Waals surface area contributed by atoms with E-state index in [4.69, 9.17) is 11.5 Å². The van der Waals surface area contributed by atoms with E-state index < -0.39 is 11.9 Å². The topological polar surface area (TPSA) is 113 Å². The number of aromatic hydroxyl groups is 1. The number of carbonyl (C=O) groups is 2. The van der Waals surface area contributed by atoms with Gasteiger partial charge in [-0.15, -0.1) is 0 Å². The van der Waals surface area contributed by atoms with Crippen LogP contribution in [0.3, 0.4) is 0 Å². The minimum absolute atomic E-state index is 0.0743. The molecule has 1 aliphatic heterocycles. The molecule has 1 saturated carbocycles. The van der Waals surface area contributed by atoms with E-state index in [1.54, 1.807) is 25.1 Å². The summed E-state index contributed by atoms with van der Waals surface area (Å²) in [5, 5.41) is 10.2. The van der Waals surface area contributed by atoms with Gasteiger partial charge in [-0.1, -0.05) is 31.4 Å². The molecule has 30 heavy (non-hydrogen) atoms. The number of hydrogen-bond acceptors (Lipinski definition) is 5. The van der Waals surface area contributed by atoms with Crippen LogP contribution >= 0.6 is 0 Å². The third-order valence-corrected chi connectivity index (χ3v) is 6.72. The van der Waals surface area contributed by atoms with Gasteiger partial charge in [0.15, 0.2) is 0 Å². The van der Waals surface area contributed by atoms with E-state index in [0.717, 1.165) is 25.7 Å². The molecular formula is C23H36N4O3. The van der Waals surface area contributed by atoms with E-state index in [9.17, 15) is 14.7 Å². The van der Waals surface area contributed by atoms with Gasteiger partial charge in [0.2, 0.25) is 5.91 Å². The minimum atomic E-state index is -0.781. The zero-order valence-electron chi connectivity index (χ0n) is 18.2. The van der Waals surface area contributed by atoms with Gasteiger partial charge in [0, 0.05) is 24.2 Å². The molecule has 166 valence electrons. The first kappa shape index (κ1) is 22.6. The van der Waals surface area contributed by atoms with Gasteiger partial charge in [0.1, 0.15) is 5.75 Å². The molecule has 0 radical (unpaired) electrons. The largest absolute Gasteiger partial charge is 0.508 e. The number of phenols is 1. The van der Waals surface area contributed by atoms with Gasteiger partial charge in [-0.3, -0.25) is 9.69 Å². The molecule has 1 aromatic carbocycles. The number of urea groups is 1. The van der Waals surface area contributed by atoms with Crippen LogP contribution < -0.4 is 11.5 Å². The molecule has 5 N–H and O–H groups in total. The summed E-state index contributed by atoms with van der Waals surface area (Å²) in [5.74, 6) is 0.182. The highest BCUT2D eigenvalue weighted by Crippen LogP contribution is 2.37. The van der Waals surface area contributed by atoms with Gasteiger partial charge in [-0.05, 0) is 57.1 Å². The summed E-state index contributed by atoms with van der Waals surface area (Å²) in [4.78, 5) is 29.8. The van der Waals surface area contributed by atoms with Gasteiger partial charge in [0.05, 0.1) is 12.6 Å². The summed E-state index contributed by atoms with van der Waals surface area (Å²) in [6, 6.07) is 4.33. The molecule has 3 atom stereocenters. The lowest BCUT2D eigenvalue weighted by atomic mass is 9.83. The molecule has 3 rings (SSSR count). The first-order valence-corrected chi connectivity index (χ1v) is 11.2.